The van der Waals surface area contributed by atoms with Gasteiger partial charge in [-0.2, -0.15) is 4.98 Å². The highest BCUT2D eigenvalue weighted by molar-refractivity contribution is 5.90. The molecule has 8 nitrogen and oxygen atoms in total. The number of rotatable bonds is 7. The molecule has 1 heterocycles. The summed E-state index contributed by atoms with van der Waals surface area (Å²) in [5, 5.41) is 6.35. The fourth-order valence-electron chi connectivity index (χ4n) is 2.70. The van der Waals surface area contributed by atoms with Crippen molar-refractivity contribution in [3.63, 3.8) is 0 Å². The van der Waals surface area contributed by atoms with E-state index in [9.17, 15) is 4.79 Å². The average Bonchev–Trinajstić information content (AvgIpc) is 2.73. The van der Waals surface area contributed by atoms with Crippen molar-refractivity contribution in [2.45, 2.75) is 6.92 Å². The lowest BCUT2D eigenvalue weighted by Gasteiger charge is -2.13. The van der Waals surface area contributed by atoms with Gasteiger partial charge in [0, 0.05) is 23.5 Å². The molecule has 0 saturated heterocycles. The van der Waals surface area contributed by atoms with E-state index in [1.54, 1.807) is 44.6 Å². The van der Waals surface area contributed by atoms with Crippen molar-refractivity contribution in [1.82, 2.24) is 9.97 Å². The molecule has 0 fully saturated rings. The third-order valence-corrected chi connectivity index (χ3v) is 4.07. The topological polar surface area (TPSA) is 94.6 Å². The van der Waals surface area contributed by atoms with Crippen LogP contribution in [0.2, 0.25) is 0 Å². The lowest BCUT2D eigenvalue weighted by Crippen LogP contribution is -2.05. The zero-order chi connectivity index (χ0) is 20.8. The lowest BCUT2D eigenvalue weighted by molar-refractivity contribution is 0.0601. The van der Waals surface area contributed by atoms with Gasteiger partial charge in [0.1, 0.15) is 17.3 Å². The Morgan fingerprint density at radius 1 is 0.931 bits per heavy atom. The number of hydrogen-bond donors (Lipinski definition) is 2. The Morgan fingerprint density at radius 3 is 2.48 bits per heavy atom. The van der Waals surface area contributed by atoms with Gasteiger partial charge >= 0.3 is 5.97 Å². The summed E-state index contributed by atoms with van der Waals surface area (Å²) >= 11 is 0. The van der Waals surface area contributed by atoms with Crippen molar-refractivity contribution >= 4 is 29.1 Å². The molecule has 0 unspecified atom stereocenters. The number of anilines is 4. The minimum Gasteiger partial charge on any atom is -0.497 e. The maximum atomic E-state index is 11.7. The van der Waals surface area contributed by atoms with Gasteiger partial charge in [-0.05, 0) is 37.3 Å². The van der Waals surface area contributed by atoms with E-state index in [4.69, 9.17) is 14.2 Å². The van der Waals surface area contributed by atoms with Gasteiger partial charge in [0.25, 0.3) is 0 Å². The van der Waals surface area contributed by atoms with Crippen LogP contribution in [0.5, 0.6) is 11.5 Å². The summed E-state index contributed by atoms with van der Waals surface area (Å²) < 4.78 is 15.4. The quantitative estimate of drug-likeness (QED) is 0.579. The molecule has 0 aliphatic rings. The van der Waals surface area contributed by atoms with E-state index in [1.165, 1.54) is 7.11 Å². The molecule has 1 aromatic heterocycles. The van der Waals surface area contributed by atoms with E-state index in [-0.39, 0.29) is 0 Å². The highest BCUT2D eigenvalue weighted by atomic mass is 16.5. The first-order valence-corrected chi connectivity index (χ1v) is 8.82. The number of aryl methyl sites for hydroxylation is 1. The van der Waals surface area contributed by atoms with E-state index < -0.39 is 5.97 Å². The summed E-state index contributed by atoms with van der Waals surface area (Å²) in [5.74, 6) is 1.87. The summed E-state index contributed by atoms with van der Waals surface area (Å²) in [6, 6.07) is 14.2. The Hall–Kier alpha value is -3.81. The Balaban J connectivity index is 1.85. The molecular formula is C21H22N4O4. The van der Waals surface area contributed by atoms with Crippen molar-refractivity contribution in [3.05, 3.63) is 59.8 Å². The number of nitrogens with one attached hydrogen (secondary N) is 2. The van der Waals surface area contributed by atoms with E-state index >= 15 is 0 Å². The molecule has 0 bridgehead atoms. The second-order valence-corrected chi connectivity index (χ2v) is 6.11. The molecule has 0 spiro atoms. The number of nitrogens with zero attached hydrogens (tertiary/aromatic N) is 2. The van der Waals surface area contributed by atoms with Gasteiger partial charge in [0.2, 0.25) is 5.95 Å². The standard InChI is InChI=1S/C21H22N4O4/c1-13-10-19(23-15-7-5-6-14(11-15)20(26)29-4)25-21(22-13)24-17-9-8-16(27-2)12-18(17)28-3/h5-12H,1-4H3,(H2,22,23,24,25). The first-order chi connectivity index (χ1) is 14.0. The molecule has 0 saturated carbocycles. The number of ether oxygens (including phenoxy) is 3. The first kappa shape index (κ1) is 19.9. The maximum absolute atomic E-state index is 11.7. The fourth-order valence-corrected chi connectivity index (χ4v) is 2.70. The molecule has 0 amide bonds. The van der Waals surface area contributed by atoms with Crippen LogP contribution >= 0.6 is 0 Å². The van der Waals surface area contributed by atoms with Crippen molar-refractivity contribution < 1.29 is 19.0 Å². The number of methoxy groups -OCH3 is 3. The number of carbonyl (C=O) groups is 1. The summed E-state index contributed by atoms with van der Waals surface area (Å²) in [7, 11) is 4.53. The van der Waals surface area contributed by atoms with Gasteiger partial charge in [-0.15, -0.1) is 0 Å². The third-order valence-electron chi connectivity index (χ3n) is 4.07. The highest BCUT2D eigenvalue weighted by Crippen LogP contribution is 2.31. The summed E-state index contributed by atoms with van der Waals surface area (Å²) in [6.07, 6.45) is 0. The second kappa shape index (κ2) is 8.92. The van der Waals surface area contributed by atoms with Crippen molar-refractivity contribution in [2.75, 3.05) is 32.0 Å². The van der Waals surface area contributed by atoms with Crippen LogP contribution in [0.1, 0.15) is 16.1 Å². The van der Waals surface area contributed by atoms with Gasteiger partial charge in [-0.3, -0.25) is 0 Å². The Labute approximate surface area is 168 Å². The van der Waals surface area contributed by atoms with Gasteiger partial charge in [-0.25, -0.2) is 9.78 Å². The Kier molecular flexibility index (Phi) is 6.13. The third kappa shape index (κ3) is 4.92. The largest absolute Gasteiger partial charge is 0.497 e. The van der Waals surface area contributed by atoms with Crippen LogP contribution in [0.3, 0.4) is 0 Å². The van der Waals surface area contributed by atoms with Crippen LogP contribution in [-0.4, -0.2) is 37.3 Å². The zero-order valence-electron chi connectivity index (χ0n) is 16.6. The molecule has 29 heavy (non-hydrogen) atoms. The van der Waals surface area contributed by atoms with Gasteiger partial charge in [0.15, 0.2) is 0 Å². The summed E-state index contributed by atoms with van der Waals surface area (Å²) in [4.78, 5) is 20.7. The number of aromatic nitrogens is 2. The minimum atomic E-state index is -0.401. The van der Waals surface area contributed by atoms with Crippen LogP contribution < -0.4 is 20.1 Å². The number of carbonyl (C=O) groups excluding carboxylic acids is 1. The van der Waals surface area contributed by atoms with Crippen LogP contribution in [0, 0.1) is 6.92 Å². The monoisotopic (exact) mass is 394 g/mol. The smallest absolute Gasteiger partial charge is 0.337 e. The predicted octanol–water partition coefficient (Wildman–Crippen LogP) is 4.08. The SMILES string of the molecule is COC(=O)c1cccc(Nc2cc(C)nc(Nc3ccc(OC)cc3OC)n2)c1. The molecule has 2 aromatic carbocycles. The van der Waals surface area contributed by atoms with E-state index in [1.807, 2.05) is 25.1 Å². The van der Waals surface area contributed by atoms with Crippen LogP contribution in [-0.2, 0) is 4.74 Å². The summed E-state index contributed by atoms with van der Waals surface area (Å²) in [6.45, 7) is 1.87. The molecule has 0 aliphatic carbocycles. The van der Waals surface area contributed by atoms with Crippen LogP contribution in [0.4, 0.5) is 23.1 Å². The lowest BCUT2D eigenvalue weighted by atomic mass is 10.2. The van der Waals surface area contributed by atoms with Gasteiger partial charge in [-0.1, -0.05) is 6.07 Å². The zero-order valence-corrected chi connectivity index (χ0v) is 16.6. The average molecular weight is 394 g/mol. The van der Waals surface area contributed by atoms with Crippen LogP contribution in [0.15, 0.2) is 48.5 Å². The van der Waals surface area contributed by atoms with Gasteiger partial charge < -0.3 is 24.8 Å². The molecule has 3 rings (SSSR count). The second-order valence-electron chi connectivity index (χ2n) is 6.11. The predicted molar refractivity (Wildman–Crippen MR) is 111 cm³/mol. The molecule has 0 radical (unpaired) electrons. The molecule has 0 aliphatic heterocycles. The number of hydrogen-bond acceptors (Lipinski definition) is 8. The molecule has 0 atom stereocenters. The van der Waals surface area contributed by atoms with E-state index in [2.05, 4.69) is 20.6 Å². The van der Waals surface area contributed by atoms with E-state index in [0.717, 1.165) is 5.69 Å². The van der Waals surface area contributed by atoms with Crippen molar-refractivity contribution in [2.24, 2.45) is 0 Å². The molecule has 3 aromatic rings. The molecule has 150 valence electrons. The van der Waals surface area contributed by atoms with E-state index in [0.29, 0.717) is 40.2 Å². The molecule has 8 heteroatoms. The maximum Gasteiger partial charge on any atom is 0.337 e. The first-order valence-electron chi connectivity index (χ1n) is 8.82. The minimum absolute atomic E-state index is 0.401. The Morgan fingerprint density at radius 2 is 1.76 bits per heavy atom. The van der Waals surface area contributed by atoms with Crippen LogP contribution in [0.25, 0.3) is 0 Å². The van der Waals surface area contributed by atoms with Crippen molar-refractivity contribution in [1.29, 1.82) is 0 Å². The molecular weight excluding hydrogens is 372 g/mol. The fraction of sp³-hybridized carbons (Fsp3) is 0.190. The number of benzene rings is 2. The van der Waals surface area contributed by atoms with Crippen molar-refractivity contribution in [3.8, 4) is 11.5 Å². The summed E-state index contributed by atoms with van der Waals surface area (Å²) in [5.41, 5.74) is 2.63. The number of esters is 1. The Bertz CT molecular complexity index is 1020. The highest BCUT2D eigenvalue weighted by Gasteiger charge is 2.10. The molecule has 2 N–H and O–H groups in total. The van der Waals surface area contributed by atoms with Gasteiger partial charge in [0.05, 0.1) is 32.6 Å². The normalized spacial score (nSPS) is 10.2.